The molecule has 80 valence electrons. The summed E-state index contributed by atoms with van der Waals surface area (Å²) in [6.07, 6.45) is 3.03. The molecule has 0 radical (unpaired) electrons. The van der Waals surface area contributed by atoms with Crippen LogP contribution in [-0.4, -0.2) is 16.7 Å². The summed E-state index contributed by atoms with van der Waals surface area (Å²) in [6, 6.07) is 2.09. The number of halogens is 3. The van der Waals surface area contributed by atoms with Gasteiger partial charge < -0.3 is 10.4 Å². The molecule has 0 fully saturated rings. The number of alkyl halides is 1. The van der Waals surface area contributed by atoms with E-state index >= 15 is 0 Å². The van der Waals surface area contributed by atoms with E-state index in [2.05, 4.69) is 5.32 Å². The van der Waals surface area contributed by atoms with Crippen LogP contribution in [-0.2, 0) is 0 Å². The Hall–Kier alpha value is -1.13. The first-order valence-electron chi connectivity index (χ1n) is 4.30. The monoisotopic (exact) mass is 231 g/mol. The summed E-state index contributed by atoms with van der Waals surface area (Å²) in [7, 11) is 0. The molecule has 1 aliphatic heterocycles. The van der Waals surface area contributed by atoms with Crippen LogP contribution < -0.4 is 5.32 Å². The maximum absolute atomic E-state index is 12.9. The summed E-state index contributed by atoms with van der Waals surface area (Å²) in [6.45, 7) is -0.344. The number of hydrogen-bond acceptors (Lipinski definition) is 2. The van der Waals surface area contributed by atoms with E-state index in [-0.39, 0.29) is 6.61 Å². The van der Waals surface area contributed by atoms with Crippen molar-refractivity contribution in [2.45, 2.75) is 5.00 Å². The molecule has 1 aliphatic rings. The van der Waals surface area contributed by atoms with Crippen LogP contribution in [0.3, 0.4) is 0 Å². The van der Waals surface area contributed by atoms with Gasteiger partial charge in [0, 0.05) is 17.3 Å². The largest absolute Gasteiger partial charge is 0.392 e. The lowest BCUT2D eigenvalue weighted by Crippen LogP contribution is -2.35. The van der Waals surface area contributed by atoms with Crippen LogP contribution >= 0.6 is 11.6 Å². The molecule has 15 heavy (non-hydrogen) atoms. The summed E-state index contributed by atoms with van der Waals surface area (Å²) in [5.41, 5.74) is 0.860. The van der Waals surface area contributed by atoms with E-state index in [1.807, 2.05) is 0 Å². The molecular weight excluding hydrogens is 224 g/mol. The van der Waals surface area contributed by atoms with Crippen LogP contribution in [0.15, 0.2) is 18.2 Å². The fourth-order valence-electron chi connectivity index (χ4n) is 1.39. The lowest BCUT2D eigenvalue weighted by Gasteiger charge is -2.28. The van der Waals surface area contributed by atoms with Crippen LogP contribution in [0, 0.1) is 11.6 Å². The third-order valence-corrected chi connectivity index (χ3v) is 2.53. The maximum atomic E-state index is 12.9. The zero-order valence-electron chi connectivity index (χ0n) is 7.60. The second kappa shape index (κ2) is 3.47. The molecule has 1 atom stereocenters. The van der Waals surface area contributed by atoms with Crippen molar-refractivity contribution in [3.8, 4) is 0 Å². The molecule has 1 heterocycles. The summed E-state index contributed by atoms with van der Waals surface area (Å²) in [5.74, 6) is -1.86. The lowest BCUT2D eigenvalue weighted by molar-refractivity contribution is 0.276. The Kier molecular flexibility index (Phi) is 2.40. The molecule has 2 rings (SSSR count). The second-order valence-corrected chi connectivity index (χ2v) is 4.01. The van der Waals surface area contributed by atoms with Crippen molar-refractivity contribution >= 4 is 23.4 Å². The van der Waals surface area contributed by atoms with Crippen LogP contribution in [0.1, 0.15) is 5.56 Å². The lowest BCUT2D eigenvalue weighted by atomic mass is 10.1. The molecule has 0 saturated heterocycles. The van der Waals surface area contributed by atoms with Crippen molar-refractivity contribution in [3.63, 3.8) is 0 Å². The second-order valence-electron chi connectivity index (χ2n) is 3.33. The number of fused-ring (bicyclic) bond motifs is 1. The number of benzene rings is 1. The van der Waals surface area contributed by atoms with Crippen LogP contribution in [0.2, 0.25) is 0 Å². The van der Waals surface area contributed by atoms with Gasteiger partial charge in [0.2, 0.25) is 0 Å². The Balaban J connectivity index is 2.46. The fourth-order valence-corrected chi connectivity index (χ4v) is 1.55. The van der Waals surface area contributed by atoms with Gasteiger partial charge in [-0.1, -0.05) is 17.7 Å². The van der Waals surface area contributed by atoms with Gasteiger partial charge >= 0.3 is 0 Å². The van der Waals surface area contributed by atoms with E-state index in [1.54, 1.807) is 0 Å². The number of hydrogen-bond donors (Lipinski definition) is 2. The molecule has 0 spiro atoms. The predicted octanol–water partition coefficient (Wildman–Crippen LogP) is 2.33. The molecule has 0 amide bonds. The fraction of sp³-hybridized carbons (Fsp3) is 0.200. The molecule has 2 nitrogen and oxygen atoms in total. The number of anilines is 1. The number of rotatable bonds is 1. The number of aliphatic hydroxyl groups is 1. The van der Waals surface area contributed by atoms with Crippen LogP contribution in [0.4, 0.5) is 14.5 Å². The molecule has 0 aromatic heterocycles. The quantitative estimate of drug-likeness (QED) is 0.574. The first-order chi connectivity index (χ1) is 7.04. The summed E-state index contributed by atoms with van der Waals surface area (Å²) < 4.78 is 25.8. The van der Waals surface area contributed by atoms with E-state index in [4.69, 9.17) is 16.7 Å². The highest BCUT2D eigenvalue weighted by atomic mass is 35.5. The third kappa shape index (κ3) is 1.82. The highest BCUT2D eigenvalue weighted by molar-refractivity contribution is 6.27. The van der Waals surface area contributed by atoms with E-state index < -0.39 is 16.6 Å². The molecule has 0 bridgehead atoms. The average molecular weight is 232 g/mol. The minimum atomic E-state index is -1.14. The maximum Gasteiger partial charge on any atom is 0.160 e. The Morgan fingerprint density at radius 1 is 1.33 bits per heavy atom. The zero-order valence-corrected chi connectivity index (χ0v) is 8.35. The van der Waals surface area contributed by atoms with E-state index in [0.29, 0.717) is 11.3 Å². The Labute approximate surface area is 90.2 Å². The standard InChI is InChI=1S/C10H8ClF2NO/c11-10(5-15)2-1-6-3-7(12)8(13)4-9(6)14-10/h1-4,14-15H,5H2. The highest BCUT2D eigenvalue weighted by Gasteiger charge is 2.27. The van der Waals surface area contributed by atoms with Crippen molar-refractivity contribution < 1.29 is 13.9 Å². The molecule has 2 N–H and O–H groups in total. The van der Waals surface area contributed by atoms with Crippen molar-refractivity contribution in [1.29, 1.82) is 0 Å². The van der Waals surface area contributed by atoms with Crippen LogP contribution in [0.5, 0.6) is 0 Å². The van der Waals surface area contributed by atoms with Gasteiger partial charge in [0.05, 0.1) is 6.61 Å². The molecule has 1 aromatic carbocycles. The molecule has 1 unspecified atom stereocenters. The van der Waals surface area contributed by atoms with Crippen molar-refractivity contribution in [1.82, 2.24) is 0 Å². The molecule has 0 aliphatic carbocycles. The number of aliphatic hydroxyl groups excluding tert-OH is 1. The van der Waals surface area contributed by atoms with Gasteiger partial charge in [-0.15, -0.1) is 0 Å². The van der Waals surface area contributed by atoms with Gasteiger partial charge in [-0.05, 0) is 12.1 Å². The molecule has 5 heteroatoms. The third-order valence-electron chi connectivity index (χ3n) is 2.19. The molecule has 1 aromatic rings. The summed E-state index contributed by atoms with van der Waals surface area (Å²) in [4.78, 5) is -1.14. The minimum absolute atomic E-state index is 0.344. The van der Waals surface area contributed by atoms with Gasteiger partial charge in [-0.3, -0.25) is 0 Å². The summed E-state index contributed by atoms with van der Waals surface area (Å²) >= 11 is 5.92. The Morgan fingerprint density at radius 3 is 2.67 bits per heavy atom. The predicted molar refractivity (Wildman–Crippen MR) is 54.7 cm³/mol. The Bertz CT molecular complexity index is 436. The average Bonchev–Trinajstić information content (AvgIpc) is 2.21. The first-order valence-corrected chi connectivity index (χ1v) is 4.68. The topological polar surface area (TPSA) is 32.3 Å². The van der Waals surface area contributed by atoms with Crippen LogP contribution in [0.25, 0.3) is 6.08 Å². The van der Waals surface area contributed by atoms with E-state index in [1.165, 1.54) is 12.2 Å². The molecular formula is C10H8ClF2NO. The van der Waals surface area contributed by atoms with Gasteiger partial charge in [-0.25, -0.2) is 8.78 Å². The minimum Gasteiger partial charge on any atom is -0.392 e. The van der Waals surface area contributed by atoms with Gasteiger partial charge in [0.25, 0.3) is 0 Å². The smallest absolute Gasteiger partial charge is 0.160 e. The summed E-state index contributed by atoms with van der Waals surface area (Å²) in [5, 5.41) is 11.7. The normalized spacial score (nSPS) is 23.5. The highest BCUT2D eigenvalue weighted by Crippen LogP contribution is 2.31. The SMILES string of the molecule is OCC1(Cl)C=Cc2cc(F)c(F)cc2N1. The van der Waals surface area contributed by atoms with Gasteiger partial charge in [0.1, 0.15) is 0 Å². The van der Waals surface area contributed by atoms with E-state index in [0.717, 1.165) is 12.1 Å². The Morgan fingerprint density at radius 2 is 2.00 bits per heavy atom. The van der Waals surface area contributed by atoms with Gasteiger partial charge in [0.15, 0.2) is 16.6 Å². The van der Waals surface area contributed by atoms with Gasteiger partial charge in [-0.2, -0.15) is 0 Å². The molecule has 0 saturated carbocycles. The van der Waals surface area contributed by atoms with Crippen molar-refractivity contribution in [2.75, 3.05) is 11.9 Å². The zero-order chi connectivity index (χ0) is 11.1. The van der Waals surface area contributed by atoms with Crippen molar-refractivity contribution in [2.24, 2.45) is 0 Å². The van der Waals surface area contributed by atoms with Crippen molar-refractivity contribution in [3.05, 3.63) is 35.4 Å². The van der Waals surface area contributed by atoms with E-state index in [9.17, 15) is 8.78 Å². The first kappa shape index (κ1) is 10.4. The number of nitrogens with one attached hydrogen (secondary N) is 1.